The lowest BCUT2D eigenvalue weighted by Crippen LogP contribution is -2.56. The Hall–Kier alpha value is -1.73. The van der Waals surface area contributed by atoms with Crippen molar-refractivity contribution in [3.05, 3.63) is 27.7 Å². The van der Waals surface area contributed by atoms with E-state index >= 15 is 0 Å². The molecule has 0 saturated carbocycles. The molecule has 1 fully saturated rings. The molecule has 2 rings (SSSR count). The molecule has 1 aromatic rings. The summed E-state index contributed by atoms with van der Waals surface area (Å²) in [6.45, 7) is 10.9. The van der Waals surface area contributed by atoms with Gasteiger partial charge in [-0.05, 0) is 13.8 Å². The van der Waals surface area contributed by atoms with Gasteiger partial charge in [-0.15, -0.1) is 11.3 Å². The number of carbonyl (C=O) groups is 2. The summed E-state index contributed by atoms with van der Waals surface area (Å²) in [5.74, 6) is 0.300. The predicted molar refractivity (Wildman–Crippen MR) is 105 cm³/mol. The van der Waals surface area contributed by atoms with Crippen molar-refractivity contribution in [1.29, 1.82) is 0 Å². The maximum Gasteiger partial charge on any atom is 0.237 e. The molecule has 26 heavy (non-hydrogen) atoms. The number of nitrogens with one attached hydrogen (secondary N) is 1. The number of rotatable bonds is 7. The highest BCUT2D eigenvalue weighted by Gasteiger charge is 2.31. The molecule has 0 aliphatic carbocycles. The lowest BCUT2D eigenvalue weighted by atomic mass is 10.1. The van der Waals surface area contributed by atoms with Crippen molar-refractivity contribution in [2.75, 3.05) is 26.7 Å². The lowest BCUT2D eigenvalue weighted by Gasteiger charge is -2.34. The zero-order valence-electron chi connectivity index (χ0n) is 16.4. The van der Waals surface area contributed by atoms with Gasteiger partial charge in [0, 0.05) is 38.0 Å². The van der Waals surface area contributed by atoms with Crippen LogP contribution in [0.3, 0.4) is 0 Å². The fraction of sp³-hybridized carbons (Fsp3) is 0.632. The Labute approximate surface area is 160 Å². The number of amides is 2. The number of thiazole rings is 1. The van der Waals surface area contributed by atoms with E-state index in [9.17, 15) is 9.59 Å². The summed E-state index contributed by atoms with van der Waals surface area (Å²) < 4.78 is 0. The van der Waals surface area contributed by atoms with Crippen LogP contribution in [0, 0.1) is 0 Å². The predicted octanol–water partition coefficient (Wildman–Crippen LogP) is 2.38. The maximum absolute atomic E-state index is 12.7. The Kier molecular flexibility index (Phi) is 7.34. The monoisotopic (exact) mass is 378 g/mol. The second kappa shape index (κ2) is 9.28. The molecule has 6 nitrogen and oxygen atoms in total. The minimum Gasteiger partial charge on any atom is -0.353 e. The smallest absolute Gasteiger partial charge is 0.237 e. The Morgan fingerprint density at radius 2 is 2.23 bits per heavy atom. The van der Waals surface area contributed by atoms with Crippen LogP contribution in [-0.2, 0) is 16.1 Å². The number of hydrogen-bond acceptors (Lipinski definition) is 5. The molecule has 144 valence electrons. The number of piperazine rings is 1. The third-order valence-corrected chi connectivity index (χ3v) is 5.63. The standard InChI is InChI=1S/C19H30N4O2S/c1-13(2)6-8-23-9-7-20-18(25)16(23)10-17(24)22(5)11-15-12-26-19(21-15)14(3)4/h6,12,14,16H,7-11H2,1-5H3,(H,20,25). The zero-order chi connectivity index (χ0) is 19.3. The Bertz CT molecular complexity index is 664. The van der Waals surface area contributed by atoms with Crippen LogP contribution in [0.25, 0.3) is 0 Å². The molecular formula is C19H30N4O2S. The van der Waals surface area contributed by atoms with Crippen molar-refractivity contribution in [3.63, 3.8) is 0 Å². The molecule has 1 N–H and O–H groups in total. The normalized spacial score (nSPS) is 17.9. The van der Waals surface area contributed by atoms with Crippen LogP contribution in [0.5, 0.6) is 0 Å². The molecule has 2 amide bonds. The number of nitrogens with zero attached hydrogens (tertiary/aromatic N) is 3. The minimum absolute atomic E-state index is 0.0339. The van der Waals surface area contributed by atoms with Crippen molar-refractivity contribution in [2.45, 2.75) is 52.6 Å². The number of hydrogen-bond donors (Lipinski definition) is 1. The highest BCUT2D eigenvalue weighted by Crippen LogP contribution is 2.20. The first kappa shape index (κ1) is 20.6. The van der Waals surface area contributed by atoms with Gasteiger partial charge in [-0.2, -0.15) is 0 Å². The molecule has 7 heteroatoms. The SMILES string of the molecule is CC(C)=CCN1CCNC(=O)C1CC(=O)N(C)Cc1csc(C(C)C)n1. The van der Waals surface area contributed by atoms with Crippen LogP contribution in [0.2, 0.25) is 0 Å². The number of carbonyl (C=O) groups excluding carboxylic acids is 2. The Morgan fingerprint density at radius 1 is 1.50 bits per heavy atom. The van der Waals surface area contributed by atoms with E-state index in [0.717, 1.165) is 17.2 Å². The first-order valence-electron chi connectivity index (χ1n) is 9.11. The van der Waals surface area contributed by atoms with Crippen molar-refractivity contribution in [3.8, 4) is 0 Å². The molecule has 2 heterocycles. The van der Waals surface area contributed by atoms with Gasteiger partial charge in [0.1, 0.15) is 0 Å². The molecule has 0 radical (unpaired) electrons. The molecule has 1 saturated heterocycles. The molecule has 1 unspecified atom stereocenters. The summed E-state index contributed by atoms with van der Waals surface area (Å²) in [6, 6.07) is -0.407. The van der Waals surface area contributed by atoms with Crippen LogP contribution in [0.15, 0.2) is 17.0 Å². The maximum atomic E-state index is 12.7. The van der Waals surface area contributed by atoms with Gasteiger partial charge >= 0.3 is 0 Å². The summed E-state index contributed by atoms with van der Waals surface area (Å²) in [7, 11) is 1.78. The Balaban J connectivity index is 1.97. The van der Waals surface area contributed by atoms with E-state index in [-0.39, 0.29) is 18.2 Å². The van der Waals surface area contributed by atoms with E-state index in [4.69, 9.17) is 0 Å². The highest BCUT2D eigenvalue weighted by molar-refractivity contribution is 7.09. The molecule has 1 atom stereocenters. The van der Waals surface area contributed by atoms with E-state index in [0.29, 0.717) is 25.6 Å². The third kappa shape index (κ3) is 5.64. The summed E-state index contributed by atoms with van der Waals surface area (Å²) >= 11 is 1.63. The minimum atomic E-state index is -0.407. The van der Waals surface area contributed by atoms with Crippen LogP contribution < -0.4 is 5.32 Å². The highest BCUT2D eigenvalue weighted by atomic mass is 32.1. The zero-order valence-corrected chi connectivity index (χ0v) is 17.2. The van der Waals surface area contributed by atoms with Crippen molar-refractivity contribution >= 4 is 23.2 Å². The average molecular weight is 379 g/mol. The van der Waals surface area contributed by atoms with E-state index in [1.54, 1.807) is 23.3 Å². The molecule has 1 aromatic heterocycles. The average Bonchev–Trinajstić information content (AvgIpc) is 3.04. The molecule has 1 aliphatic heterocycles. The summed E-state index contributed by atoms with van der Waals surface area (Å²) in [6.07, 6.45) is 2.29. The topological polar surface area (TPSA) is 65.5 Å². The van der Waals surface area contributed by atoms with Crippen LogP contribution in [0.4, 0.5) is 0 Å². The van der Waals surface area contributed by atoms with Gasteiger partial charge in [0.2, 0.25) is 11.8 Å². The number of allylic oxidation sites excluding steroid dienone is 1. The van der Waals surface area contributed by atoms with Gasteiger partial charge in [0.05, 0.1) is 29.7 Å². The lowest BCUT2D eigenvalue weighted by molar-refractivity contribution is -0.138. The Morgan fingerprint density at radius 3 is 2.85 bits per heavy atom. The van der Waals surface area contributed by atoms with Gasteiger partial charge in [-0.25, -0.2) is 4.98 Å². The fourth-order valence-electron chi connectivity index (χ4n) is 2.82. The van der Waals surface area contributed by atoms with Crippen molar-refractivity contribution < 1.29 is 9.59 Å². The second-order valence-electron chi connectivity index (χ2n) is 7.37. The fourth-order valence-corrected chi connectivity index (χ4v) is 3.64. The first-order chi connectivity index (χ1) is 12.3. The van der Waals surface area contributed by atoms with Gasteiger partial charge in [0.25, 0.3) is 0 Å². The van der Waals surface area contributed by atoms with Crippen molar-refractivity contribution in [2.24, 2.45) is 0 Å². The van der Waals surface area contributed by atoms with Gasteiger partial charge in [0.15, 0.2) is 0 Å². The van der Waals surface area contributed by atoms with Crippen LogP contribution >= 0.6 is 11.3 Å². The van der Waals surface area contributed by atoms with E-state index in [1.165, 1.54) is 5.57 Å². The van der Waals surface area contributed by atoms with E-state index < -0.39 is 6.04 Å². The second-order valence-corrected chi connectivity index (χ2v) is 8.26. The quantitative estimate of drug-likeness (QED) is 0.740. The summed E-state index contributed by atoms with van der Waals surface area (Å²) in [4.78, 5) is 33.3. The van der Waals surface area contributed by atoms with Crippen LogP contribution in [-0.4, -0.2) is 59.3 Å². The van der Waals surface area contributed by atoms with Gasteiger partial charge in [-0.3, -0.25) is 14.5 Å². The van der Waals surface area contributed by atoms with Crippen molar-refractivity contribution in [1.82, 2.24) is 20.1 Å². The van der Waals surface area contributed by atoms with Gasteiger partial charge in [-0.1, -0.05) is 25.5 Å². The molecule has 0 aromatic carbocycles. The molecule has 0 bridgehead atoms. The largest absolute Gasteiger partial charge is 0.353 e. The van der Waals surface area contributed by atoms with E-state index in [1.807, 2.05) is 19.2 Å². The third-order valence-electron chi connectivity index (χ3n) is 4.43. The first-order valence-corrected chi connectivity index (χ1v) is 9.99. The molecule has 1 aliphatic rings. The summed E-state index contributed by atoms with van der Waals surface area (Å²) in [5, 5.41) is 5.97. The van der Waals surface area contributed by atoms with E-state index in [2.05, 4.69) is 35.1 Å². The molecular weight excluding hydrogens is 348 g/mol. The van der Waals surface area contributed by atoms with Crippen LogP contribution in [0.1, 0.15) is 50.7 Å². The number of aromatic nitrogens is 1. The van der Waals surface area contributed by atoms with Gasteiger partial charge < -0.3 is 10.2 Å². The summed E-state index contributed by atoms with van der Waals surface area (Å²) in [5.41, 5.74) is 2.12. The molecule has 0 spiro atoms.